The zero-order valence-corrected chi connectivity index (χ0v) is 19.9. The first-order valence-corrected chi connectivity index (χ1v) is 11.9. The number of ether oxygens (including phenoxy) is 2. The lowest BCUT2D eigenvalue weighted by Crippen LogP contribution is -2.47. The molecule has 1 heterocycles. The molecule has 0 saturated heterocycles. The van der Waals surface area contributed by atoms with Gasteiger partial charge in [-0.3, -0.25) is 9.59 Å². The number of carbonyl (C=O) groups is 2. The molecule has 0 N–H and O–H groups in total. The van der Waals surface area contributed by atoms with Crippen LogP contribution in [0.2, 0.25) is 5.02 Å². The molecular formula is C24H35ClN2O4. The Labute approximate surface area is 190 Å². The lowest BCUT2D eigenvalue weighted by atomic mass is 9.92. The highest BCUT2D eigenvalue weighted by Crippen LogP contribution is 2.40. The quantitative estimate of drug-likeness (QED) is 0.519. The van der Waals surface area contributed by atoms with Crippen molar-refractivity contribution in [2.24, 2.45) is 0 Å². The first-order chi connectivity index (χ1) is 14.9. The van der Waals surface area contributed by atoms with Crippen LogP contribution in [0.4, 0.5) is 5.69 Å². The minimum absolute atomic E-state index is 0.0721. The summed E-state index contributed by atoms with van der Waals surface area (Å²) in [7, 11) is 1.65. The molecule has 1 atom stereocenters. The molecule has 3 rings (SSSR count). The van der Waals surface area contributed by atoms with Crippen LogP contribution in [0.1, 0.15) is 76.1 Å². The van der Waals surface area contributed by atoms with Crippen molar-refractivity contribution in [3.63, 3.8) is 0 Å². The number of nitrogens with zero attached hydrogens (tertiary/aromatic N) is 2. The molecule has 2 aliphatic rings. The number of benzene rings is 1. The van der Waals surface area contributed by atoms with Crippen molar-refractivity contribution in [3.05, 3.63) is 22.7 Å². The number of methoxy groups -OCH3 is 1. The second kappa shape index (κ2) is 10.7. The zero-order chi connectivity index (χ0) is 22.5. The highest BCUT2D eigenvalue weighted by atomic mass is 35.5. The van der Waals surface area contributed by atoms with Crippen LogP contribution in [-0.4, -0.2) is 55.2 Å². The van der Waals surface area contributed by atoms with Crippen molar-refractivity contribution in [1.82, 2.24) is 4.90 Å². The van der Waals surface area contributed by atoms with E-state index >= 15 is 0 Å². The van der Waals surface area contributed by atoms with Crippen molar-refractivity contribution < 1.29 is 19.1 Å². The average molecular weight is 451 g/mol. The molecule has 1 fully saturated rings. The van der Waals surface area contributed by atoms with E-state index < -0.39 is 6.10 Å². The second-order valence-electron chi connectivity index (χ2n) is 8.75. The molecule has 7 heteroatoms. The fraction of sp³-hybridized carbons (Fsp3) is 0.667. The summed E-state index contributed by atoms with van der Waals surface area (Å²) < 4.78 is 11.1. The van der Waals surface area contributed by atoms with Crippen LogP contribution in [0.25, 0.3) is 0 Å². The van der Waals surface area contributed by atoms with Gasteiger partial charge in [-0.1, -0.05) is 37.8 Å². The van der Waals surface area contributed by atoms with Crippen LogP contribution in [0.3, 0.4) is 0 Å². The Morgan fingerprint density at radius 3 is 2.61 bits per heavy atom. The van der Waals surface area contributed by atoms with E-state index in [-0.39, 0.29) is 23.9 Å². The largest absolute Gasteiger partial charge is 0.478 e. The number of halogens is 1. The third-order valence-corrected chi connectivity index (χ3v) is 6.55. The zero-order valence-electron chi connectivity index (χ0n) is 19.2. The van der Waals surface area contributed by atoms with E-state index in [1.54, 1.807) is 24.1 Å². The van der Waals surface area contributed by atoms with Gasteiger partial charge in [-0.15, -0.1) is 0 Å². The van der Waals surface area contributed by atoms with Crippen molar-refractivity contribution >= 4 is 29.1 Å². The van der Waals surface area contributed by atoms with E-state index in [0.29, 0.717) is 48.0 Å². The van der Waals surface area contributed by atoms with Gasteiger partial charge < -0.3 is 19.3 Å². The van der Waals surface area contributed by atoms with E-state index in [4.69, 9.17) is 21.1 Å². The maximum atomic E-state index is 13.6. The Kier molecular flexibility index (Phi) is 8.23. The molecule has 1 saturated carbocycles. The van der Waals surface area contributed by atoms with Crippen LogP contribution >= 0.6 is 11.6 Å². The fourth-order valence-corrected chi connectivity index (χ4v) is 4.92. The fourth-order valence-electron chi connectivity index (χ4n) is 4.68. The third kappa shape index (κ3) is 5.17. The minimum Gasteiger partial charge on any atom is -0.478 e. The number of carbonyl (C=O) groups excluding carboxylic acids is 2. The second-order valence-corrected chi connectivity index (χ2v) is 9.16. The SMILES string of the molecule is CCC1Oc2cc(Cl)c(C(=O)N(C(C)C)C3CCCCC3)cc2N(CCCOC)C1=O. The van der Waals surface area contributed by atoms with Crippen LogP contribution < -0.4 is 9.64 Å². The lowest BCUT2D eigenvalue weighted by Gasteiger charge is -2.38. The molecule has 1 aromatic rings. The molecule has 0 radical (unpaired) electrons. The first kappa shape index (κ1) is 23.9. The van der Waals surface area contributed by atoms with E-state index in [1.807, 2.05) is 25.7 Å². The summed E-state index contributed by atoms with van der Waals surface area (Å²) in [6.07, 6.45) is 6.29. The van der Waals surface area contributed by atoms with Crippen molar-refractivity contribution in [3.8, 4) is 5.75 Å². The molecular weight excluding hydrogens is 416 g/mol. The Bertz CT molecular complexity index is 792. The van der Waals surface area contributed by atoms with Crippen LogP contribution in [0, 0.1) is 0 Å². The Morgan fingerprint density at radius 1 is 1.29 bits per heavy atom. The van der Waals surface area contributed by atoms with Gasteiger partial charge in [0.2, 0.25) is 0 Å². The average Bonchev–Trinajstić information content (AvgIpc) is 2.75. The van der Waals surface area contributed by atoms with Gasteiger partial charge in [-0.2, -0.15) is 0 Å². The molecule has 31 heavy (non-hydrogen) atoms. The van der Waals surface area contributed by atoms with Gasteiger partial charge in [0.15, 0.2) is 6.10 Å². The molecule has 0 spiro atoms. The van der Waals surface area contributed by atoms with Crippen LogP contribution in [-0.2, 0) is 9.53 Å². The predicted molar refractivity (Wildman–Crippen MR) is 123 cm³/mol. The molecule has 172 valence electrons. The van der Waals surface area contributed by atoms with Crippen molar-refractivity contribution in [2.45, 2.75) is 83.9 Å². The standard InChI is InChI=1S/C24H35ClN2O4/c1-5-21-24(29)26(12-9-13-30-4)20-14-18(19(25)15-22(20)31-21)23(28)27(16(2)3)17-10-7-6-8-11-17/h14-17,21H,5-13H2,1-4H3. The summed E-state index contributed by atoms with van der Waals surface area (Å²) in [6, 6.07) is 3.74. The van der Waals surface area contributed by atoms with E-state index in [2.05, 4.69) is 0 Å². The number of anilines is 1. The molecule has 0 bridgehead atoms. The predicted octanol–water partition coefficient (Wildman–Crippen LogP) is 5.06. The summed E-state index contributed by atoms with van der Waals surface area (Å²) in [6.45, 7) is 7.08. The molecule has 2 amide bonds. The Balaban J connectivity index is 1.97. The molecule has 1 aliphatic carbocycles. The first-order valence-electron chi connectivity index (χ1n) is 11.5. The van der Waals surface area contributed by atoms with Crippen LogP contribution in [0.5, 0.6) is 5.75 Å². The van der Waals surface area contributed by atoms with Gasteiger partial charge >= 0.3 is 0 Å². The summed E-state index contributed by atoms with van der Waals surface area (Å²) in [5.74, 6) is 0.399. The topological polar surface area (TPSA) is 59.1 Å². The highest BCUT2D eigenvalue weighted by molar-refractivity contribution is 6.34. The number of rotatable bonds is 8. The summed E-state index contributed by atoms with van der Waals surface area (Å²) >= 11 is 6.59. The maximum absolute atomic E-state index is 13.6. The number of amides is 2. The van der Waals surface area contributed by atoms with E-state index in [0.717, 1.165) is 25.7 Å². The smallest absolute Gasteiger partial charge is 0.268 e. The third-order valence-electron chi connectivity index (χ3n) is 6.24. The lowest BCUT2D eigenvalue weighted by molar-refractivity contribution is -0.126. The van der Waals surface area contributed by atoms with Gasteiger partial charge in [0.05, 0.1) is 16.3 Å². The number of hydrogen-bond acceptors (Lipinski definition) is 4. The molecule has 1 unspecified atom stereocenters. The summed E-state index contributed by atoms with van der Waals surface area (Å²) in [4.78, 5) is 30.3. The summed E-state index contributed by atoms with van der Waals surface area (Å²) in [5, 5.41) is 0.367. The number of fused-ring (bicyclic) bond motifs is 1. The molecule has 0 aromatic heterocycles. The van der Waals surface area contributed by atoms with Crippen molar-refractivity contribution in [2.75, 3.05) is 25.2 Å². The van der Waals surface area contributed by atoms with E-state index in [1.165, 1.54) is 6.42 Å². The molecule has 1 aliphatic heterocycles. The van der Waals surface area contributed by atoms with Gasteiger partial charge in [-0.05, 0) is 45.6 Å². The van der Waals surface area contributed by atoms with Gasteiger partial charge in [0.25, 0.3) is 11.8 Å². The highest BCUT2D eigenvalue weighted by Gasteiger charge is 2.36. The van der Waals surface area contributed by atoms with Gasteiger partial charge in [0.1, 0.15) is 5.75 Å². The Hall–Kier alpha value is -1.79. The normalized spacial score (nSPS) is 19.4. The van der Waals surface area contributed by atoms with E-state index in [9.17, 15) is 9.59 Å². The van der Waals surface area contributed by atoms with Gasteiger partial charge in [0, 0.05) is 38.4 Å². The molecule has 6 nitrogen and oxygen atoms in total. The summed E-state index contributed by atoms with van der Waals surface area (Å²) in [5.41, 5.74) is 1.05. The van der Waals surface area contributed by atoms with Crippen molar-refractivity contribution in [1.29, 1.82) is 0 Å². The monoisotopic (exact) mass is 450 g/mol. The Morgan fingerprint density at radius 2 is 2.00 bits per heavy atom. The minimum atomic E-state index is -0.540. The van der Waals surface area contributed by atoms with Crippen LogP contribution in [0.15, 0.2) is 12.1 Å². The van der Waals surface area contributed by atoms with Gasteiger partial charge in [-0.25, -0.2) is 0 Å². The molecule has 1 aromatic carbocycles. The maximum Gasteiger partial charge on any atom is 0.268 e. The number of hydrogen-bond donors (Lipinski definition) is 0.